The molecule has 0 aliphatic heterocycles. The Morgan fingerprint density at radius 1 is 1.38 bits per heavy atom. The molecule has 0 amide bonds. The van der Waals surface area contributed by atoms with Crippen molar-refractivity contribution < 1.29 is 23.4 Å². The number of nitrogens with zero attached hydrogens (tertiary/aromatic N) is 1. The Labute approximate surface area is 132 Å². The summed E-state index contributed by atoms with van der Waals surface area (Å²) in [5, 5.41) is 18.4. The molecule has 8 heteroatoms. The van der Waals surface area contributed by atoms with Crippen molar-refractivity contribution >= 4 is 31.9 Å². The molecule has 1 rings (SSSR count). The van der Waals surface area contributed by atoms with Crippen LogP contribution < -0.4 is 0 Å². The van der Waals surface area contributed by atoms with Crippen LogP contribution in [0.25, 0.3) is 0 Å². The van der Waals surface area contributed by atoms with Crippen molar-refractivity contribution in [3.8, 4) is 0 Å². The van der Waals surface area contributed by atoms with Gasteiger partial charge in [-0.05, 0) is 54.4 Å². The molecule has 0 spiro atoms. The maximum Gasteiger partial charge on any atom is 0.335 e. The van der Waals surface area contributed by atoms with Gasteiger partial charge in [-0.3, -0.25) is 0 Å². The van der Waals surface area contributed by atoms with Crippen LogP contribution in [0.4, 0.5) is 0 Å². The minimum atomic E-state index is -3.95. The molecule has 1 aromatic carbocycles. The van der Waals surface area contributed by atoms with Crippen molar-refractivity contribution in [1.82, 2.24) is 4.31 Å². The summed E-state index contributed by atoms with van der Waals surface area (Å²) in [6, 6.07) is 2.50. The van der Waals surface area contributed by atoms with Gasteiger partial charge in [0.25, 0.3) is 0 Å². The molecule has 6 nitrogen and oxygen atoms in total. The van der Waals surface area contributed by atoms with Crippen LogP contribution in [0.2, 0.25) is 0 Å². The zero-order valence-corrected chi connectivity index (χ0v) is 14.6. The lowest BCUT2D eigenvalue weighted by Crippen LogP contribution is -2.47. The number of aliphatic hydroxyl groups is 1. The SMILES string of the molecule is Cc1cc(C(=O)O)cc(S(=O)(=O)N(C)C(C)(C)CO)c1Br. The minimum absolute atomic E-state index is 0.107. The van der Waals surface area contributed by atoms with Crippen LogP contribution in [0.1, 0.15) is 29.8 Å². The average molecular weight is 380 g/mol. The van der Waals surface area contributed by atoms with E-state index in [1.807, 2.05) is 0 Å². The third-order valence-corrected chi connectivity index (χ3v) is 6.75. The van der Waals surface area contributed by atoms with E-state index in [1.165, 1.54) is 13.1 Å². The number of aryl methyl sites for hydroxylation is 1. The van der Waals surface area contributed by atoms with E-state index in [9.17, 15) is 18.3 Å². The molecule has 0 fully saturated rings. The van der Waals surface area contributed by atoms with E-state index in [4.69, 9.17) is 5.11 Å². The van der Waals surface area contributed by atoms with Gasteiger partial charge in [-0.2, -0.15) is 4.31 Å². The normalized spacial score (nSPS) is 12.7. The molecule has 0 unspecified atom stereocenters. The number of sulfonamides is 1. The fourth-order valence-corrected chi connectivity index (χ4v) is 4.13. The second-order valence-electron chi connectivity index (χ2n) is 5.35. The van der Waals surface area contributed by atoms with Gasteiger partial charge in [0.15, 0.2) is 0 Å². The van der Waals surface area contributed by atoms with Crippen molar-refractivity contribution in [3.63, 3.8) is 0 Å². The molecule has 0 radical (unpaired) electrons. The highest BCUT2D eigenvalue weighted by Gasteiger charge is 2.35. The molecular weight excluding hydrogens is 362 g/mol. The number of carboxylic acids is 1. The Morgan fingerprint density at radius 3 is 2.33 bits per heavy atom. The summed E-state index contributed by atoms with van der Waals surface area (Å²) >= 11 is 3.19. The Hall–Kier alpha value is -0.960. The van der Waals surface area contributed by atoms with E-state index in [-0.39, 0.29) is 17.1 Å². The molecule has 0 bridgehead atoms. The van der Waals surface area contributed by atoms with Crippen LogP contribution in [-0.2, 0) is 10.0 Å². The van der Waals surface area contributed by atoms with Crippen LogP contribution in [0, 0.1) is 6.92 Å². The summed E-state index contributed by atoms with van der Waals surface area (Å²) in [4.78, 5) is 11.0. The standard InChI is InChI=1S/C13H18BrNO5S/c1-8-5-9(12(17)18)6-10(11(8)14)21(19,20)15(4)13(2,3)7-16/h5-6,16H,7H2,1-4H3,(H,17,18). The highest BCUT2D eigenvalue weighted by atomic mass is 79.9. The molecule has 0 aliphatic rings. The number of hydrogen-bond acceptors (Lipinski definition) is 4. The van der Waals surface area contributed by atoms with Crippen molar-refractivity contribution in [1.29, 1.82) is 0 Å². The second kappa shape index (κ2) is 6.04. The van der Waals surface area contributed by atoms with Crippen LogP contribution in [0.5, 0.6) is 0 Å². The van der Waals surface area contributed by atoms with Gasteiger partial charge in [0, 0.05) is 11.5 Å². The summed E-state index contributed by atoms with van der Waals surface area (Å²) in [7, 11) is -2.61. The van der Waals surface area contributed by atoms with Crippen LogP contribution in [0.3, 0.4) is 0 Å². The number of aromatic carboxylic acids is 1. The fraction of sp³-hybridized carbons (Fsp3) is 0.462. The highest BCUT2D eigenvalue weighted by molar-refractivity contribution is 9.10. The maximum atomic E-state index is 12.7. The van der Waals surface area contributed by atoms with Crippen molar-refractivity contribution in [3.05, 3.63) is 27.7 Å². The van der Waals surface area contributed by atoms with E-state index in [2.05, 4.69) is 15.9 Å². The highest BCUT2D eigenvalue weighted by Crippen LogP contribution is 2.31. The quantitative estimate of drug-likeness (QED) is 0.813. The molecule has 0 aliphatic carbocycles. The number of hydrogen-bond donors (Lipinski definition) is 2. The monoisotopic (exact) mass is 379 g/mol. The molecular formula is C13H18BrNO5S. The third kappa shape index (κ3) is 3.45. The topological polar surface area (TPSA) is 94.9 Å². The molecule has 0 atom stereocenters. The maximum absolute atomic E-state index is 12.7. The van der Waals surface area contributed by atoms with Gasteiger partial charge in [-0.15, -0.1) is 0 Å². The van der Waals surface area contributed by atoms with Crippen molar-refractivity contribution in [2.45, 2.75) is 31.2 Å². The third-order valence-electron chi connectivity index (χ3n) is 3.35. The molecule has 118 valence electrons. The Bertz CT molecular complexity index is 669. The number of rotatable bonds is 5. The lowest BCUT2D eigenvalue weighted by atomic mass is 10.1. The summed E-state index contributed by atoms with van der Waals surface area (Å²) in [6.07, 6.45) is 0. The van der Waals surface area contributed by atoms with Crippen LogP contribution >= 0.6 is 15.9 Å². The first-order valence-corrected chi connectivity index (χ1v) is 8.32. The molecule has 0 saturated carbocycles. The molecule has 21 heavy (non-hydrogen) atoms. The number of halogens is 1. The Morgan fingerprint density at radius 2 is 1.90 bits per heavy atom. The predicted octanol–water partition coefficient (Wildman–Crippen LogP) is 1.85. The lowest BCUT2D eigenvalue weighted by Gasteiger charge is -2.33. The number of benzene rings is 1. The smallest absolute Gasteiger partial charge is 0.335 e. The van der Waals surface area contributed by atoms with Gasteiger partial charge in [0.2, 0.25) is 10.0 Å². The minimum Gasteiger partial charge on any atom is -0.478 e. The molecule has 2 N–H and O–H groups in total. The van der Waals surface area contributed by atoms with Crippen LogP contribution in [0.15, 0.2) is 21.5 Å². The summed E-state index contributed by atoms with van der Waals surface area (Å²) in [5.74, 6) is -1.20. The molecule has 0 aromatic heterocycles. The van der Waals surface area contributed by atoms with Gasteiger partial charge < -0.3 is 10.2 Å². The van der Waals surface area contributed by atoms with Gasteiger partial charge in [-0.25, -0.2) is 13.2 Å². The van der Waals surface area contributed by atoms with Gasteiger partial charge in [-0.1, -0.05) is 0 Å². The number of carboxylic acid groups (broad SMARTS) is 1. The van der Waals surface area contributed by atoms with Gasteiger partial charge >= 0.3 is 5.97 Å². The van der Waals surface area contributed by atoms with Gasteiger partial charge in [0.1, 0.15) is 0 Å². The zero-order chi connectivity index (χ0) is 16.6. The van der Waals surface area contributed by atoms with Crippen LogP contribution in [-0.4, -0.2) is 48.1 Å². The summed E-state index contributed by atoms with van der Waals surface area (Å²) in [5.41, 5.74) is -0.612. The van der Waals surface area contributed by atoms with Crippen molar-refractivity contribution in [2.75, 3.05) is 13.7 Å². The van der Waals surface area contributed by atoms with Gasteiger partial charge in [0.05, 0.1) is 22.6 Å². The van der Waals surface area contributed by atoms with E-state index >= 15 is 0 Å². The molecule has 0 saturated heterocycles. The van der Waals surface area contributed by atoms with E-state index in [0.717, 1.165) is 10.4 Å². The fourth-order valence-electron chi connectivity index (χ4n) is 1.62. The largest absolute Gasteiger partial charge is 0.478 e. The first-order valence-electron chi connectivity index (χ1n) is 6.08. The molecule has 0 heterocycles. The first kappa shape index (κ1) is 18.1. The number of aliphatic hydroxyl groups excluding tert-OH is 1. The first-order chi connectivity index (χ1) is 9.45. The number of likely N-dealkylation sites (N-methyl/N-ethyl adjacent to an activating group) is 1. The summed E-state index contributed by atoms with van der Waals surface area (Å²) in [6.45, 7) is 4.41. The van der Waals surface area contributed by atoms with E-state index in [0.29, 0.717) is 10.0 Å². The second-order valence-corrected chi connectivity index (χ2v) is 8.08. The number of carbonyl (C=O) groups is 1. The lowest BCUT2D eigenvalue weighted by molar-refractivity contribution is 0.0696. The predicted molar refractivity (Wildman–Crippen MR) is 82.0 cm³/mol. The summed E-state index contributed by atoms with van der Waals surface area (Å²) < 4.78 is 26.7. The average Bonchev–Trinajstić information content (AvgIpc) is 2.40. The van der Waals surface area contributed by atoms with E-state index in [1.54, 1.807) is 20.8 Å². The Kier molecular flexibility index (Phi) is 5.20. The molecule has 1 aromatic rings. The Balaban J connectivity index is 3.55. The van der Waals surface area contributed by atoms with E-state index < -0.39 is 21.5 Å². The zero-order valence-electron chi connectivity index (χ0n) is 12.2. The van der Waals surface area contributed by atoms with Crippen molar-refractivity contribution in [2.24, 2.45) is 0 Å².